The number of aromatic nitrogens is 1. The average Bonchev–Trinajstić information content (AvgIpc) is 2.46. The minimum Gasteiger partial charge on any atom is -0.478 e. The van der Waals surface area contributed by atoms with Crippen molar-refractivity contribution in [2.45, 2.75) is 13.0 Å². The van der Waals surface area contributed by atoms with E-state index in [-0.39, 0.29) is 17.3 Å². The number of carbonyl (C=O) groups is 1. The van der Waals surface area contributed by atoms with Gasteiger partial charge in [-0.25, -0.2) is 9.78 Å². The molecule has 0 aliphatic heterocycles. The second-order valence-corrected chi connectivity index (χ2v) is 5.18. The summed E-state index contributed by atoms with van der Waals surface area (Å²) in [6.45, 7) is 1.98. The van der Waals surface area contributed by atoms with E-state index in [1.807, 2.05) is 43.1 Å². The number of carboxylic acid groups (broad SMARTS) is 1. The van der Waals surface area contributed by atoms with E-state index in [4.69, 9.17) is 22.4 Å². The molecular weight excluding hydrogens is 290 g/mol. The van der Waals surface area contributed by atoms with Crippen molar-refractivity contribution in [1.29, 1.82) is 0 Å². The molecule has 0 amide bonds. The molecule has 1 unspecified atom stereocenters. The third-order valence-corrected chi connectivity index (χ3v) is 3.72. The van der Waals surface area contributed by atoms with Gasteiger partial charge in [0.05, 0.1) is 17.3 Å². The first-order valence-corrected chi connectivity index (χ1v) is 6.75. The monoisotopic (exact) mass is 305 g/mol. The van der Waals surface area contributed by atoms with Crippen LogP contribution in [-0.2, 0) is 0 Å². The van der Waals surface area contributed by atoms with Crippen LogP contribution in [0.5, 0.6) is 0 Å². The van der Waals surface area contributed by atoms with E-state index in [1.165, 1.54) is 12.3 Å². The van der Waals surface area contributed by atoms with Crippen LogP contribution in [0, 0.1) is 0 Å². The maximum Gasteiger partial charge on any atom is 0.337 e. The average molecular weight is 306 g/mol. The van der Waals surface area contributed by atoms with Crippen LogP contribution in [0.3, 0.4) is 0 Å². The Kier molecular flexibility index (Phi) is 4.33. The Morgan fingerprint density at radius 2 is 1.95 bits per heavy atom. The maximum atomic E-state index is 11.1. The third kappa shape index (κ3) is 3.08. The molecule has 2 aromatic rings. The standard InChI is InChI=1S/C15H16ClN3O2/c1-9(10-3-5-11(16)6-4-10)19(2)14-13(17)12(15(20)21)7-8-18-14/h3-9H,17H2,1-2H3,(H,20,21). The lowest BCUT2D eigenvalue weighted by Crippen LogP contribution is -2.24. The Balaban J connectivity index is 2.35. The van der Waals surface area contributed by atoms with Gasteiger partial charge in [0.2, 0.25) is 0 Å². The van der Waals surface area contributed by atoms with E-state index in [2.05, 4.69) is 4.98 Å². The van der Waals surface area contributed by atoms with Gasteiger partial charge in [-0.15, -0.1) is 0 Å². The number of nitrogens with zero attached hydrogens (tertiary/aromatic N) is 2. The van der Waals surface area contributed by atoms with E-state index in [9.17, 15) is 4.79 Å². The number of rotatable bonds is 4. The summed E-state index contributed by atoms with van der Waals surface area (Å²) in [5.74, 6) is -0.624. The number of nitrogen functional groups attached to an aromatic ring is 1. The molecule has 0 spiro atoms. The molecule has 0 aliphatic carbocycles. The molecule has 2 rings (SSSR count). The van der Waals surface area contributed by atoms with Crippen LogP contribution in [0.1, 0.15) is 28.9 Å². The zero-order valence-corrected chi connectivity index (χ0v) is 12.5. The lowest BCUT2D eigenvalue weighted by atomic mass is 10.1. The summed E-state index contributed by atoms with van der Waals surface area (Å²) < 4.78 is 0. The van der Waals surface area contributed by atoms with Crippen LogP contribution < -0.4 is 10.6 Å². The Hall–Kier alpha value is -2.27. The molecule has 0 saturated carbocycles. The minimum atomic E-state index is -1.07. The number of nitrogens with two attached hydrogens (primary N) is 1. The van der Waals surface area contributed by atoms with Crippen LogP contribution in [-0.4, -0.2) is 23.1 Å². The summed E-state index contributed by atoms with van der Waals surface area (Å²) in [7, 11) is 1.82. The van der Waals surface area contributed by atoms with Crippen LogP contribution in [0.25, 0.3) is 0 Å². The summed E-state index contributed by atoms with van der Waals surface area (Å²) in [5.41, 5.74) is 7.16. The molecular formula is C15H16ClN3O2. The van der Waals surface area contributed by atoms with Gasteiger partial charge in [-0.3, -0.25) is 0 Å². The van der Waals surface area contributed by atoms with Crippen molar-refractivity contribution < 1.29 is 9.90 Å². The molecule has 1 atom stereocenters. The topological polar surface area (TPSA) is 79.5 Å². The first kappa shape index (κ1) is 15.1. The highest BCUT2D eigenvalue weighted by Gasteiger charge is 2.19. The van der Waals surface area contributed by atoms with E-state index < -0.39 is 5.97 Å². The number of hydrogen-bond donors (Lipinski definition) is 2. The van der Waals surface area contributed by atoms with Crippen LogP contribution in [0.15, 0.2) is 36.5 Å². The van der Waals surface area contributed by atoms with Crippen molar-refractivity contribution in [2.24, 2.45) is 0 Å². The molecule has 21 heavy (non-hydrogen) atoms. The SMILES string of the molecule is CC(c1ccc(Cl)cc1)N(C)c1nccc(C(=O)O)c1N. The van der Waals surface area contributed by atoms with Gasteiger partial charge in [0.25, 0.3) is 0 Å². The molecule has 3 N–H and O–H groups in total. The van der Waals surface area contributed by atoms with Crippen molar-refractivity contribution >= 4 is 29.1 Å². The first-order valence-electron chi connectivity index (χ1n) is 6.38. The fraction of sp³-hybridized carbons (Fsp3) is 0.200. The molecule has 0 radical (unpaired) electrons. The predicted octanol–water partition coefficient (Wildman–Crippen LogP) is 3.21. The normalized spacial score (nSPS) is 12.0. The van der Waals surface area contributed by atoms with E-state index in [0.717, 1.165) is 5.56 Å². The second-order valence-electron chi connectivity index (χ2n) is 4.74. The van der Waals surface area contributed by atoms with Gasteiger partial charge in [0, 0.05) is 18.3 Å². The Bertz CT molecular complexity index is 658. The van der Waals surface area contributed by atoms with E-state index in [0.29, 0.717) is 10.8 Å². The van der Waals surface area contributed by atoms with Gasteiger partial charge >= 0.3 is 5.97 Å². The molecule has 5 nitrogen and oxygen atoms in total. The number of benzene rings is 1. The molecule has 0 fully saturated rings. The number of anilines is 2. The largest absolute Gasteiger partial charge is 0.478 e. The maximum absolute atomic E-state index is 11.1. The van der Waals surface area contributed by atoms with Gasteiger partial charge in [-0.2, -0.15) is 0 Å². The molecule has 1 aromatic carbocycles. The summed E-state index contributed by atoms with van der Waals surface area (Å²) in [6.07, 6.45) is 1.44. The van der Waals surface area contributed by atoms with Gasteiger partial charge in [0.1, 0.15) is 0 Å². The van der Waals surface area contributed by atoms with Crippen molar-refractivity contribution in [3.05, 3.63) is 52.7 Å². The molecule has 6 heteroatoms. The van der Waals surface area contributed by atoms with Crippen molar-refractivity contribution in [2.75, 3.05) is 17.7 Å². The van der Waals surface area contributed by atoms with Crippen molar-refractivity contribution in [1.82, 2.24) is 4.98 Å². The quantitative estimate of drug-likeness (QED) is 0.906. The summed E-state index contributed by atoms with van der Waals surface area (Å²) in [6, 6.07) is 8.82. The summed E-state index contributed by atoms with van der Waals surface area (Å²) >= 11 is 5.88. The van der Waals surface area contributed by atoms with E-state index >= 15 is 0 Å². The Labute approximate surface area is 128 Å². The lowest BCUT2D eigenvalue weighted by Gasteiger charge is -2.27. The smallest absolute Gasteiger partial charge is 0.337 e. The number of halogens is 1. The molecule has 1 aromatic heterocycles. The number of pyridine rings is 1. The second kappa shape index (κ2) is 6.01. The molecule has 0 saturated heterocycles. The van der Waals surface area contributed by atoms with E-state index in [1.54, 1.807) is 0 Å². The van der Waals surface area contributed by atoms with Crippen LogP contribution in [0.4, 0.5) is 11.5 Å². The zero-order chi connectivity index (χ0) is 15.6. The predicted molar refractivity (Wildman–Crippen MR) is 83.9 cm³/mol. The number of hydrogen-bond acceptors (Lipinski definition) is 4. The molecule has 110 valence electrons. The highest BCUT2D eigenvalue weighted by molar-refractivity contribution is 6.30. The molecule has 1 heterocycles. The fourth-order valence-electron chi connectivity index (χ4n) is 2.08. The molecule has 0 aliphatic rings. The van der Waals surface area contributed by atoms with Gasteiger partial charge in [-0.05, 0) is 30.7 Å². The number of aromatic carboxylic acids is 1. The molecule has 0 bridgehead atoms. The van der Waals surface area contributed by atoms with Crippen LogP contribution >= 0.6 is 11.6 Å². The third-order valence-electron chi connectivity index (χ3n) is 3.47. The minimum absolute atomic E-state index is 0.0267. The Morgan fingerprint density at radius 1 is 1.33 bits per heavy atom. The highest BCUT2D eigenvalue weighted by atomic mass is 35.5. The number of carboxylic acids is 1. The summed E-state index contributed by atoms with van der Waals surface area (Å²) in [5, 5.41) is 9.78. The van der Waals surface area contributed by atoms with Crippen molar-refractivity contribution in [3.63, 3.8) is 0 Å². The summed E-state index contributed by atoms with van der Waals surface area (Å²) in [4.78, 5) is 17.2. The first-order chi connectivity index (χ1) is 9.91. The zero-order valence-electron chi connectivity index (χ0n) is 11.7. The Morgan fingerprint density at radius 3 is 2.52 bits per heavy atom. The van der Waals surface area contributed by atoms with Crippen molar-refractivity contribution in [3.8, 4) is 0 Å². The van der Waals surface area contributed by atoms with Gasteiger partial charge < -0.3 is 15.7 Å². The fourth-order valence-corrected chi connectivity index (χ4v) is 2.20. The van der Waals surface area contributed by atoms with Gasteiger partial charge in [0.15, 0.2) is 5.82 Å². The lowest BCUT2D eigenvalue weighted by molar-refractivity contribution is 0.0698. The highest BCUT2D eigenvalue weighted by Crippen LogP contribution is 2.30. The van der Waals surface area contributed by atoms with Gasteiger partial charge in [-0.1, -0.05) is 23.7 Å². The van der Waals surface area contributed by atoms with Crippen LogP contribution in [0.2, 0.25) is 5.02 Å².